The zero-order valence-corrected chi connectivity index (χ0v) is 24.1. The van der Waals surface area contributed by atoms with Gasteiger partial charge in [-0.3, -0.25) is 14.7 Å². The summed E-state index contributed by atoms with van der Waals surface area (Å²) in [6, 6.07) is 14.5. The van der Waals surface area contributed by atoms with Crippen molar-refractivity contribution >= 4 is 17.5 Å². The van der Waals surface area contributed by atoms with Gasteiger partial charge in [-0.2, -0.15) is 5.10 Å². The standard InChI is InChI=1S/C32H40N6O3/c1-32(2,31(40)36-15-11-33-12-16-36)41-29-7-3-6-28(18-29)37-13-4-5-26(22-37)30(39)38-14-10-24-17-23(8-9-25(24)21-38)27-19-34-35-20-27/h3,6-9,17-20,26,33H,4-5,10-16,21-22H2,1-2H3,(H,34,35)/p+1/t26-/m1/s1. The second-order valence-corrected chi connectivity index (χ2v) is 12.0. The van der Waals surface area contributed by atoms with E-state index in [0.29, 0.717) is 18.8 Å². The smallest absolute Gasteiger partial charge is 0.266 e. The van der Waals surface area contributed by atoms with Crippen LogP contribution in [0.1, 0.15) is 37.8 Å². The van der Waals surface area contributed by atoms with Gasteiger partial charge >= 0.3 is 0 Å². The predicted molar refractivity (Wildman–Crippen MR) is 157 cm³/mol. The van der Waals surface area contributed by atoms with Crippen LogP contribution in [-0.2, 0) is 22.6 Å². The molecule has 9 nitrogen and oxygen atoms in total. The summed E-state index contributed by atoms with van der Waals surface area (Å²) in [7, 11) is 0. The third-order valence-corrected chi connectivity index (χ3v) is 8.70. The van der Waals surface area contributed by atoms with Crippen LogP contribution in [0.5, 0.6) is 5.75 Å². The van der Waals surface area contributed by atoms with Crippen LogP contribution in [-0.4, -0.2) is 83.2 Å². The molecule has 1 atom stereocenters. The molecule has 4 heterocycles. The monoisotopic (exact) mass is 557 g/mol. The number of carbonyl (C=O) groups is 2. The van der Waals surface area contributed by atoms with E-state index in [2.05, 4.69) is 44.7 Å². The van der Waals surface area contributed by atoms with Crippen LogP contribution >= 0.6 is 0 Å². The average Bonchev–Trinajstić information content (AvgIpc) is 3.55. The van der Waals surface area contributed by atoms with Crippen molar-refractivity contribution < 1.29 is 19.6 Å². The van der Waals surface area contributed by atoms with Gasteiger partial charge in [0.05, 0.1) is 38.3 Å². The molecule has 3 N–H and O–H groups in total. The van der Waals surface area contributed by atoms with Crippen LogP contribution in [0.25, 0.3) is 11.1 Å². The number of nitrogens with zero attached hydrogens (tertiary/aromatic N) is 4. The van der Waals surface area contributed by atoms with Crippen LogP contribution in [0.15, 0.2) is 54.9 Å². The number of aromatic amines is 1. The zero-order chi connectivity index (χ0) is 28.4. The predicted octanol–water partition coefficient (Wildman–Crippen LogP) is 2.44. The van der Waals surface area contributed by atoms with Crippen LogP contribution in [0.4, 0.5) is 5.69 Å². The van der Waals surface area contributed by atoms with Crippen molar-refractivity contribution in [3.05, 3.63) is 66.0 Å². The van der Waals surface area contributed by atoms with Crippen LogP contribution < -0.4 is 15.0 Å². The topological polar surface area (TPSA) is 98.4 Å². The zero-order valence-electron chi connectivity index (χ0n) is 24.1. The van der Waals surface area contributed by atoms with Crippen molar-refractivity contribution in [2.75, 3.05) is 50.7 Å². The number of anilines is 1. The van der Waals surface area contributed by atoms with Crippen LogP contribution in [0.3, 0.4) is 0 Å². The molecule has 0 radical (unpaired) electrons. The summed E-state index contributed by atoms with van der Waals surface area (Å²) >= 11 is 0. The summed E-state index contributed by atoms with van der Waals surface area (Å²) in [5.74, 6) is 0.923. The van der Waals surface area contributed by atoms with Crippen molar-refractivity contribution in [3.63, 3.8) is 0 Å². The fraction of sp³-hybridized carbons (Fsp3) is 0.469. The van der Waals surface area contributed by atoms with Crippen molar-refractivity contribution in [3.8, 4) is 16.9 Å². The lowest BCUT2D eigenvalue weighted by Gasteiger charge is -2.38. The molecule has 0 bridgehead atoms. The fourth-order valence-electron chi connectivity index (χ4n) is 6.42. The number of hydrogen-bond acceptors (Lipinski definition) is 5. The highest BCUT2D eigenvalue weighted by Crippen LogP contribution is 2.31. The maximum Gasteiger partial charge on any atom is 0.266 e. The quantitative estimate of drug-likeness (QED) is 0.485. The second-order valence-electron chi connectivity index (χ2n) is 12.0. The summed E-state index contributed by atoms with van der Waals surface area (Å²) in [6.07, 6.45) is 6.49. The molecule has 6 rings (SSSR count). The molecule has 216 valence electrons. The molecule has 2 amide bonds. The molecule has 41 heavy (non-hydrogen) atoms. The molecule has 2 fully saturated rings. The van der Waals surface area contributed by atoms with Gasteiger partial charge in [0, 0.05) is 49.7 Å². The number of piperazine rings is 1. The first-order valence-electron chi connectivity index (χ1n) is 14.9. The number of ether oxygens (including phenoxy) is 1. The normalized spacial score (nSPS) is 19.6. The molecule has 2 saturated heterocycles. The molecule has 0 aliphatic carbocycles. The number of rotatable bonds is 6. The van der Waals surface area contributed by atoms with Gasteiger partial charge in [0.25, 0.3) is 5.91 Å². The average molecular weight is 558 g/mol. The third-order valence-electron chi connectivity index (χ3n) is 8.70. The Kier molecular flexibility index (Phi) is 7.71. The van der Waals surface area contributed by atoms with E-state index in [1.807, 2.05) is 54.2 Å². The number of quaternary nitrogens is 1. The molecule has 3 aliphatic heterocycles. The third kappa shape index (κ3) is 5.95. The Hall–Kier alpha value is -3.85. The summed E-state index contributed by atoms with van der Waals surface area (Å²) in [4.78, 5) is 33.1. The Labute approximate surface area is 241 Å². The Morgan fingerprint density at radius 1 is 1.00 bits per heavy atom. The highest BCUT2D eigenvalue weighted by atomic mass is 16.5. The maximum atomic E-state index is 13.7. The second kappa shape index (κ2) is 11.6. The van der Waals surface area contributed by atoms with E-state index >= 15 is 0 Å². The van der Waals surface area contributed by atoms with Gasteiger partial charge in [-0.1, -0.05) is 24.3 Å². The van der Waals surface area contributed by atoms with Crippen LogP contribution in [0, 0.1) is 5.92 Å². The minimum Gasteiger partial charge on any atom is -0.478 e. The molecular formula is C32H41N6O3+. The number of aromatic nitrogens is 2. The van der Waals surface area contributed by atoms with E-state index in [4.69, 9.17) is 4.74 Å². The van der Waals surface area contributed by atoms with Gasteiger partial charge in [0.1, 0.15) is 5.75 Å². The highest BCUT2D eigenvalue weighted by Gasteiger charge is 2.36. The number of fused-ring (bicyclic) bond motifs is 1. The molecule has 9 heteroatoms. The van der Waals surface area contributed by atoms with E-state index in [1.54, 1.807) is 0 Å². The maximum absolute atomic E-state index is 13.7. The SMILES string of the molecule is CC(C)(Oc1cccc(N2CCC[C@@H](C(=O)N3CCc4cc(-c5cn[nH]c5)ccc4C3)C2)c1)C(=O)N1CC[NH2+]CC1. The lowest BCUT2D eigenvalue weighted by atomic mass is 9.92. The molecule has 0 unspecified atom stereocenters. The first-order valence-corrected chi connectivity index (χ1v) is 14.9. The van der Waals surface area contributed by atoms with E-state index < -0.39 is 5.60 Å². The number of hydrogen-bond donors (Lipinski definition) is 2. The van der Waals surface area contributed by atoms with Gasteiger partial charge in [0.15, 0.2) is 5.60 Å². The molecule has 3 aliphatic rings. The Morgan fingerprint density at radius 3 is 2.66 bits per heavy atom. The van der Waals surface area contributed by atoms with Gasteiger partial charge < -0.3 is 24.8 Å². The summed E-state index contributed by atoms with van der Waals surface area (Å²) in [5, 5.41) is 9.18. The number of carbonyl (C=O) groups excluding carboxylic acids is 2. The van der Waals surface area contributed by atoms with E-state index in [0.717, 1.165) is 75.3 Å². The summed E-state index contributed by atoms with van der Waals surface area (Å²) < 4.78 is 6.27. The Balaban J connectivity index is 1.09. The van der Waals surface area contributed by atoms with Gasteiger partial charge in [-0.15, -0.1) is 0 Å². The first-order chi connectivity index (χ1) is 19.9. The first kappa shape index (κ1) is 27.3. The Morgan fingerprint density at radius 2 is 1.85 bits per heavy atom. The number of H-pyrrole nitrogens is 1. The minimum absolute atomic E-state index is 0.0282. The molecular weight excluding hydrogens is 516 g/mol. The summed E-state index contributed by atoms with van der Waals surface area (Å²) in [6.45, 7) is 10.1. The number of amides is 2. The fourth-order valence-corrected chi connectivity index (χ4v) is 6.42. The van der Waals surface area contributed by atoms with Crippen molar-refractivity contribution in [2.24, 2.45) is 5.92 Å². The van der Waals surface area contributed by atoms with E-state index in [9.17, 15) is 9.59 Å². The van der Waals surface area contributed by atoms with Gasteiger partial charge in [-0.25, -0.2) is 0 Å². The lowest BCUT2D eigenvalue weighted by Crippen LogP contribution is -2.90. The van der Waals surface area contributed by atoms with Crippen LogP contribution in [0.2, 0.25) is 0 Å². The highest BCUT2D eigenvalue weighted by molar-refractivity contribution is 5.85. The Bertz CT molecular complexity index is 1380. The van der Waals surface area contributed by atoms with Crippen molar-refractivity contribution in [1.29, 1.82) is 0 Å². The van der Waals surface area contributed by atoms with Crippen molar-refractivity contribution in [1.82, 2.24) is 20.0 Å². The number of nitrogens with one attached hydrogen (secondary N) is 1. The molecule has 1 aromatic heterocycles. The van der Waals surface area contributed by atoms with Gasteiger partial charge in [0.2, 0.25) is 5.91 Å². The number of piperidine rings is 1. The number of benzene rings is 2. The van der Waals surface area contributed by atoms with Gasteiger partial charge in [-0.05, 0) is 61.9 Å². The summed E-state index contributed by atoms with van der Waals surface area (Å²) in [5.41, 5.74) is 4.87. The van der Waals surface area contributed by atoms with Crippen molar-refractivity contribution in [2.45, 2.75) is 45.3 Å². The molecule has 0 saturated carbocycles. The molecule has 2 aromatic carbocycles. The van der Waals surface area contributed by atoms with E-state index in [1.165, 1.54) is 11.1 Å². The lowest BCUT2D eigenvalue weighted by molar-refractivity contribution is -0.662. The molecule has 0 spiro atoms. The van der Waals surface area contributed by atoms with E-state index in [-0.39, 0.29) is 17.7 Å². The molecule has 3 aromatic rings. The largest absolute Gasteiger partial charge is 0.478 e. The minimum atomic E-state index is -0.944. The number of nitrogens with two attached hydrogens (primary N) is 1.